The van der Waals surface area contributed by atoms with Gasteiger partial charge < -0.3 is 24.0 Å². The van der Waals surface area contributed by atoms with E-state index in [9.17, 15) is 9.59 Å². The van der Waals surface area contributed by atoms with Gasteiger partial charge in [-0.05, 0) is 43.0 Å². The number of rotatable bonds is 7. The van der Waals surface area contributed by atoms with Gasteiger partial charge >= 0.3 is 11.8 Å². The number of nitrogens with zero attached hydrogens (tertiary/aromatic N) is 3. The maximum absolute atomic E-state index is 13.2. The summed E-state index contributed by atoms with van der Waals surface area (Å²) < 4.78 is 22.9. The Morgan fingerprint density at radius 1 is 0.974 bits per heavy atom. The predicted molar refractivity (Wildman–Crippen MR) is 145 cm³/mol. The molecule has 0 amide bonds. The highest BCUT2D eigenvalue weighted by Crippen LogP contribution is 2.31. The van der Waals surface area contributed by atoms with Crippen molar-refractivity contribution in [3.8, 4) is 6.01 Å². The van der Waals surface area contributed by atoms with Crippen molar-refractivity contribution in [2.24, 2.45) is 0 Å². The third-order valence-electron chi connectivity index (χ3n) is 6.53. The zero-order chi connectivity index (χ0) is 27.1. The summed E-state index contributed by atoms with van der Waals surface area (Å²) in [5.74, 6) is -0.577. The van der Waals surface area contributed by atoms with E-state index in [1.165, 1.54) is 0 Å². The number of benzene rings is 3. The topological polar surface area (TPSA) is 136 Å². The number of ether oxygens (including phenoxy) is 2. The number of hydrogen-bond acceptors (Lipinski definition) is 9. The van der Waals surface area contributed by atoms with E-state index < -0.39 is 11.8 Å². The Hall–Kier alpha value is -5.12. The van der Waals surface area contributed by atoms with Crippen molar-refractivity contribution in [3.05, 3.63) is 93.9 Å². The lowest BCUT2D eigenvalue weighted by Gasteiger charge is -2.13. The predicted octanol–water partition coefficient (Wildman–Crippen LogP) is 4.98. The van der Waals surface area contributed by atoms with Gasteiger partial charge in [0.05, 0.1) is 35.3 Å². The molecule has 0 saturated carbocycles. The minimum absolute atomic E-state index is 0.152. The number of anilines is 1. The van der Waals surface area contributed by atoms with Crippen LogP contribution in [0.1, 0.15) is 34.4 Å². The molecular weight excluding hydrogens is 500 g/mol. The van der Waals surface area contributed by atoms with Crippen LogP contribution in [0.3, 0.4) is 0 Å². The normalized spacial score (nSPS) is 11.4. The first-order chi connectivity index (χ1) is 18.9. The molecule has 3 aromatic heterocycles. The minimum Gasteiger partial charge on any atom is -0.465 e. The van der Waals surface area contributed by atoms with Crippen molar-refractivity contribution in [2.75, 3.05) is 12.3 Å². The third-order valence-corrected chi connectivity index (χ3v) is 6.53. The second-order valence-corrected chi connectivity index (χ2v) is 8.99. The van der Waals surface area contributed by atoms with Crippen molar-refractivity contribution in [1.82, 2.24) is 14.5 Å². The second-order valence-electron chi connectivity index (χ2n) is 8.99. The Morgan fingerprint density at radius 2 is 1.79 bits per heavy atom. The fraction of sp³-hybridized carbons (Fsp3) is 0.172. The van der Waals surface area contributed by atoms with Crippen LogP contribution in [0.2, 0.25) is 0 Å². The quantitative estimate of drug-likeness (QED) is 0.226. The van der Waals surface area contributed by atoms with Crippen LogP contribution in [0.15, 0.2) is 74.3 Å². The summed E-state index contributed by atoms with van der Waals surface area (Å²) in [6, 6.07) is 19.5. The zero-order valence-electron chi connectivity index (χ0n) is 21.3. The Bertz CT molecular complexity index is 1930. The molecule has 0 aliphatic rings. The standard InChI is InChI=1S/C29H24N4O6/c1-3-36-28-32-22-10-6-9-21(27(34)37-15-24-16(2)38-29(35)39-24)25(22)33(28)14-17-11-12-19-18-7-4-5-8-20(18)26(30)31-23(19)13-17/h4-13H,3,14-15H2,1-2H3,(H2,30,31). The molecule has 0 spiro atoms. The molecule has 0 unspecified atom stereocenters. The summed E-state index contributed by atoms with van der Waals surface area (Å²) in [5, 5.41) is 2.93. The molecule has 2 N–H and O–H groups in total. The van der Waals surface area contributed by atoms with Crippen LogP contribution in [0, 0.1) is 6.92 Å². The van der Waals surface area contributed by atoms with E-state index >= 15 is 0 Å². The minimum atomic E-state index is -0.847. The lowest BCUT2D eigenvalue weighted by atomic mass is 10.0. The number of nitrogen functional groups attached to an aromatic ring is 1. The first kappa shape index (κ1) is 24.2. The highest BCUT2D eigenvalue weighted by atomic mass is 16.6. The Kier molecular flexibility index (Phi) is 5.99. The van der Waals surface area contributed by atoms with E-state index in [1.54, 1.807) is 25.1 Å². The van der Waals surface area contributed by atoms with E-state index in [2.05, 4.69) is 9.97 Å². The van der Waals surface area contributed by atoms with Crippen LogP contribution in [-0.2, 0) is 17.9 Å². The van der Waals surface area contributed by atoms with Crippen molar-refractivity contribution < 1.29 is 23.1 Å². The molecule has 39 heavy (non-hydrogen) atoms. The third kappa shape index (κ3) is 4.35. The van der Waals surface area contributed by atoms with Crippen LogP contribution in [0.4, 0.5) is 5.82 Å². The van der Waals surface area contributed by atoms with Gasteiger partial charge in [0, 0.05) is 10.8 Å². The number of imidazole rings is 1. The van der Waals surface area contributed by atoms with Gasteiger partial charge in [-0.1, -0.05) is 42.5 Å². The van der Waals surface area contributed by atoms with Crippen molar-refractivity contribution in [2.45, 2.75) is 27.0 Å². The van der Waals surface area contributed by atoms with Crippen molar-refractivity contribution in [1.29, 1.82) is 0 Å². The van der Waals surface area contributed by atoms with Gasteiger partial charge in [0.2, 0.25) is 0 Å². The number of para-hydroxylation sites is 1. The van der Waals surface area contributed by atoms with Gasteiger partial charge in [0.25, 0.3) is 6.01 Å². The van der Waals surface area contributed by atoms with E-state index in [0.717, 1.165) is 27.2 Å². The first-order valence-corrected chi connectivity index (χ1v) is 12.4. The van der Waals surface area contributed by atoms with Crippen LogP contribution in [-0.4, -0.2) is 27.1 Å². The molecule has 0 atom stereocenters. The summed E-state index contributed by atoms with van der Waals surface area (Å²) in [6.45, 7) is 3.94. The second kappa shape index (κ2) is 9.64. The average molecular weight is 525 g/mol. The molecule has 6 rings (SSSR count). The fourth-order valence-corrected chi connectivity index (χ4v) is 4.74. The van der Waals surface area contributed by atoms with Crippen LogP contribution in [0.25, 0.3) is 32.7 Å². The lowest BCUT2D eigenvalue weighted by Crippen LogP contribution is -2.10. The SMILES string of the molecule is CCOc1nc2cccc(C(=O)OCc3oc(=O)oc3C)c2n1Cc1ccc2c(c1)nc(N)c1ccccc12. The molecule has 6 aromatic rings. The van der Waals surface area contributed by atoms with Crippen molar-refractivity contribution in [3.63, 3.8) is 0 Å². The van der Waals surface area contributed by atoms with Gasteiger partial charge in [-0.25, -0.2) is 14.6 Å². The molecule has 0 aliphatic heterocycles. The van der Waals surface area contributed by atoms with Gasteiger partial charge in [-0.3, -0.25) is 4.57 Å². The number of carbonyl (C=O) groups excluding carboxylic acids is 1. The molecule has 0 saturated heterocycles. The molecule has 10 heteroatoms. The maximum atomic E-state index is 13.2. The number of aromatic nitrogens is 3. The van der Waals surface area contributed by atoms with E-state index in [0.29, 0.717) is 41.6 Å². The highest BCUT2D eigenvalue weighted by molar-refractivity contribution is 6.09. The van der Waals surface area contributed by atoms with Crippen LogP contribution >= 0.6 is 0 Å². The van der Waals surface area contributed by atoms with Gasteiger partial charge in [-0.15, -0.1) is 0 Å². The summed E-state index contributed by atoms with van der Waals surface area (Å²) in [7, 11) is 0. The molecule has 10 nitrogen and oxygen atoms in total. The van der Waals surface area contributed by atoms with Gasteiger partial charge in [0.1, 0.15) is 5.82 Å². The Balaban J connectivity index is 1.40. The Morgan fingerprint density at radius 3 is 2.56 bits per heavy atom. The van der Waals surface area contributed by atoms with E-state index in [4.69, 9.17) is 24.0 Å². The monoisotopic (exact) mass is 524 g/mol. The molecule has 0 bridgehead atoms. The molecular formula is C29H24N4O6. The maximum Gasteiger partial charge on any atom is 0.519 e. The molecule has 3 aromatic carbocycles. The van der Waals surface area contributed by atoms with E-state index in [-0.39, 0.29) is 18.1 Å². The average Bonchev–Trinajstić information content (AvgIpc) is 3.45. The summed E-state index contributed by atoms with van der Waals surface area (Å²) in [6.07, 6.45) is 0. The van der Waals surface area contributed by atoms with Crippen molar-refractivity contribution >= 4 is 44.5 Å². The molecule has 3 heterocycles. The van der Waals surface area contributed by atoms with Gasteiger partial charge in [-0.2, -0.15) is 4.98 Å². The smallest absolute Gasteiger partial charge is 0.465 e. The number of aryl methyl sites for hydroxylation is 1. The summed E-state index contributed by atoms with van der Waals surface area (Å²) in [4.78, 5) is 33.8. The molecule has 0 aliphatic carbocycles. The number of carbonyl (C=O) groups is 1. The lowest BCUT2D eigenvalue weighted by molar-refractivity contribution is 0.0444. The summed E-state index contributed by atoms with van der Waals surface area (Å²) >= 11 is 0. The first-order valence-electron chi connectivity index (χ1n) is 12.4. The highest BCUT2D eigenvalue weighted by Gasteiger charge is 2.22. The molecule has 0 radical (unpaired) electrons. The zero-order valence-corrected chi connectivity index (χ0v) is 21.3. The number of pyridine rings is 1. The van der Waals surface area contributed by atoms with Crippen LogP contribution in [0.5, 0.6) is 6.01 Å². The number of hydrogen-bond donors (Lipinski definition) is 1. The summed E-state index contributed by atoms with van der Waals surface area (Å²) in [5.41, 5.74) is 9.37. The molecule has 196 valence electrons. The number of nitrogens with two attached hydrogens (primary N) is 1. The van der Waals surface area contributed by atoms with Gasteiger partial charge in [0.15, 0.2) is 18.1 Å². The molecule has 0 fully saturated rings. The fourth-order valence-electron chi connectivity index (χ4n) is 4.74. The van der Waals surface area contributed by atoms with Crippen LogP contribution < -0.4 is 16.3 Å². The Labute approximate surface area is 221 Å². The largest absolute Gasteiger partial charge is 0.519 e. The number of esters is 1. The van der Waals surface area contributed by atoms with E-state index in [1.807, 2.05) is 54.0 Å². The number of fused-ring (bicyclic) bond motifs is 4.